The third-order valence-electron chi connectivity index (χ3n) is 2.73. The maximum atomic E-state index is 11.7. The molecule has 0 bridgehead atoms. The minimum absolute atomic E-state index is 0.0446. The minimum Gasteiger partial charge on any atom is -0.394 e. The van der Waals surface area contributed by atoms with Crippen molar-refractivity contribution in [3.8, 4) is 0 Å². The number of nitrogens with one attached hydrogen (secondary N) is 2. The fourth-order valence-electron chi connectivity index (χ4n) is 1.71. The molecule has 1 heterocycles. The second-order valence-electron chi connectivity index (χ2n) is 4.31. The van der Waals surface area contributed by atoms with E-state index >= 15 is 0 Å². The van der Waals surface area contributed by atoms with Crippen LogP contribution < -0.4 is 10.6 Å². The van der Waals surface area contributed by atoms with E-state index in [1.807, 2.05) is 27.7 Å². The molecule has 18 heavy (non-hydrogen) atoms. The van der Waals surface area contributed by atoms with Gasteiger partial charge in [0.1, 0.15) is 0 Å². The van der Waals surface area contributed by atoms with Gasteiger partial charge in [0.2, 0.25) is 0 Å². The smallest absolute Gasteiger partial charge is 0.315 e. The lowest BCUT2D eigenvalue weighted by molar-refractivity contribution is 0.212. The maximum Gasteiger partial charge on any atom is 0.315 e. The van der Waals surface area contributed by atoms with E-state index in [0.29, 0.717) is 6.42 Å². The highest BCUT2D eigenvalue weighted by Crippen LogP contribution is 2.24. The first-order valence-electron chi connectivity index (χ1n) is 6.09. The summed E-state index contributed by atoms with van der Waals surface area (Å²) in [6.07, 6.45) is 0.705. The lowest BCUT2D eigenvalue weighted by atomic mass is 10.2. The van der Waals surface area contributed by atoms with Gasteiger partial charge in [-0.3, -0.25) is 0 Å². The molecule has 6 heteroatoms. The molecule has 0 aliphatic rings. The van der Waals surface area contributed by atoms with Gasteiger partial charge in [-0.25, -0.2) is 9.78 Å². The molecule has 0 aliphatic carbocycles. The van der Waals surface area contributed by atoms with Gasteiger partial charge in [0.15, 0.2) is 0 Å². The molecule has 3 N–H and O–H groups in total. The molecular weight excluding hydrogens is 250 g/mol. The van der Waals surface area contributed by atoms with Gasteiger partial charge in [0.05, 0.1) is 29.4 Å². The van der Waals surface area contributed by atoms with Crippen LogP contribution in [-0.2, 0) is 0 Å². The zero-order valence-electron chi connectivity index (χ0n) is 11.3. The number of nitrogens with zero attached hydrogens (tertiary/aromatic N) is 1. The van der Waals surface area contributed by atoms with Crippen LogP contribution in [0.15, 0.2) is 0 Å². The average molecular weight is 271 g/mol. The van der Waals surface area contributed by atoms with Crippen molar-refractivity contribution >= 4 is 17.4 Å². The summed E-state index contributed by atoms with van der Waals surface area (Å²) in [4.78, 5) is 17.1. The van der Waals surface area contributed by atoms with Crippen molar-refractivity contribution in [2.75, 3.05) is 6.61 Å². The molecule has 0 fully saturated rings. The van der Waals surface area contributed by atoms with E-state index in [1.165, 1.54) is 0 Å². The van der Waals surface area contributed by atoms with Crippen LogP contribution in [0.1, 0.15) is 41.9 Å². The number of hydrogen-bond acceptors (Lipinski definition) is 4. The van der Waals surface area contributed by atoms with Crippen LogP contribution in [0, 0.1) is 13.8 Å². The Morgan fingerprint density at radius 2 is 2.11 bits per heavy atom. The Kier molecular flexibility index (Phi) is 5.55. The van der Waals surface area contributed by atoms with Crippen LogP contribution >= 0.6 is 11.3 Å². The van der Waals surface area contributed by atoms with E-state index in [0.717, 1.165) is 15.6 Å². The Balaban J connectivity index is 2.57. The summed E-state index contributed by atoms with van der Waals surface area (Å²) < 4.78 is 0. The highest BCUT2D eigenvalue weighted by Gasteiger charge is 2.16. The zero-order chi connectivity index (χ0) is 13.7. The summed E-state index contributed by atoms with van der Waals surface area (Å²) in [5, 5.41) is 15.6. The number of aromatic nitrogens is 1. The van der Waals surface area contributed by atoms with Gasteiger partial charge in [-0.05, 0) is 27.2 Å². The van der Waals surface area contributed by atoms with Crippen molar-refractivity contribution in [1.82, 2.24) is 15.6 Å². The van der Waals surface area contributed by atoms with Crippen molar-refractivity contribution in [2.24, 2.45) is 0 Å². The van der Waals surface area contributed by atoms with Crippen molar-refractivity contribution in [3.05, 3.63) is 15.6 Å². The van der Waals surface area contributed by atoms with Gasteiger partial charge in [0.25, 0.3) is 0 Å². The quantitative estimate of drug-likeness (QED) is 0.765. The maximum absolute atomic E-state index is 11.7. The van der Waals surface area contributed by atoms with Crippen molar-refractivity contribution in [2.45, 2.75) is 46.2 Å². The lowest BCUT2D eigenvalue weighted by Gasteiger charge is -2.18. The van der Waals surface area contributed by atoms with Crippen LogP contribution in [0.25, 0.3) is 0 Å². The molecule has 0 aliphatic heterocycles. The second-order valence-corrected chi connectivity index (χ2v) is 5.54. The van der Waals surface area contributed by atoms with Gasteiger partial charge < -0.3 is 15.7 Å². The fraction of sp³-hybridized carbons (Fsp3) is 0.667. The molecular formula is C12H21N3O2S. The van der Waals surface area contributed by atoms with E-state index in [4.69, 9.17) is 5.11 Å². The standard InChI is InChI=1S/C12H21N3O2S/c1-5-10(6-16)15-12(17)14-8(3)11-7(2)13-9(4)18-11/h8,10,16H,5-6H2,1-4H3,(H2,14,15,17)/t8?,10-/m0/s1. The largest absolute Gasteiger partial charge is 0.394 e. The monoisotopic (exact) mass is 271 g/mol. The van der Waals surface area contributed by atoms with E-state index in [1.54, 1.807) is 11.3 Å². The van der Waals surface area contributed by atoms with E-state index in [9.17, 15) is 4.79 Å². The molecule has 0 spiro atoms. The predicted molar refractivity (Wildman–Crippen MR) is 72.8 cm³/mol. The number of carbonyl (C=O) groups excluding carboxylic acids is 1. The Morgan fingerprint density at radius 3 is 2.56 bits per heavy atom. The van der Waals surface area contributed by atoms with Crippen molar-refractivity contribution in [1.29, 1.82) is 0 Å². The number of urea groups is 1. The summed E-state index contributed by atoms with van der Waals surface area (Å²) in [5.41, 5.74) is 0.958. The number of amides is 2. The number of aliphatic hydroxyl groups excluding tert-OH is 1. The highest BCUT2D eigenvalue weighted by molar-refractivity contribution is 7.11. The zero-order valence-corrected chi connectivity index (χ0v) is 12.1. The molecule has 2 amide bonds. The molecule has 1 rings (SSSR count). The van der Waals surface area contributed by atoms with Crippen LogP contribution in [-0.4, -0.2) is 28.8 Å². The molecule has 0 aromatic carbocycles. The minimum atomic E-state index is -0.256. The first-order chi connectivity index (χ1) is 8.47. The van der Waals surface area contributed by atoms with Gasteiger partial charge in [-0.1, -0.05) is 6.92 Å². The van der Waals surface area contributed by atoms with E-state index in [2.05, 4.69) is 15.6 Å². The summed E-state index contributed by atoms with van der Waals surface area (Å²) >= 11 is 1.59. The first-order valence-corrected chi connectivity index (χ1v) is 6.91. The van der Waals surface area contributed by atoms with Crippen molar-refractivity contribution < 1.29 is 9.90 Å². The molecule has 1 unspecified atom stereocenters. The molecule has 102 valence electrons. The topological polar surface area (TPSA) is 74.2 Å². The Labute approximate surface area is 112 Å². The number of thiazole rings is 1. The normalized spacial score (nSPS) is 14.1. The number of aryl methyl sites for hydroxylation is 2. The number of rotatable bonds is 5. The summed E-state index contributed by atoms with van der Waals surface area (Å²) in [6, 6.07) is -0.525. The van der Waals surface area contributed by atoms with Crippen LogP contribution in [0.4, 0.5) is 4.79 Å². The van der Waals surface area contributed by atoms with Crippen LogP contribution in [0.5, 0.6) is 0 Å². The fourth-order valence-corrected chi connectivity index (χ4v) is 2.64. The van der Waals surface area contributed by atoms with Gasteiger partial charge in [0, 0.05) is 4.88 Å². The molecule has 0 saturated heterocycles. The molecule has 0 saturated carbocycles. The van der Waals surface area contributed by atoms with Crippen LogP contribution in [0.2, 0.25) is 0 Å². The lowest BCUT2D eigenvalue weighted by Crippen LogP contribution is -2.44. The van der Waals surface area contributed by atoms with Gasteiger partial charge in [-0.15, -0.1) is 11.3 Å². The molecule has 5 nitrogen and oxygen atoms in total. The second kappa shape index (κ2) is 6.70. The van der Waals surface area contributed by atoms with Crippen molar-refractivity contribution in [3.63, 3.8) is 0 Å². The Morgan fingerprint density at radius 1 is 1.44 bits per heavy atom. The van der Waals surface area contributed by atoms with E-state index in [-0.39, 0.29) is 24.7 Å². The SMILES string of the molecule is CC[C@@H](CO)NC(=O)NC(C)c1sc(C)nc1C. The van der Waals surface area contributed by atoms with Crippen LogP contribution in [0.3, 0.4) is 0 Å². The number of carbonyl (C=O) groups is 1. The van der Waals surface area contributed by atoms with E-state index < -0.39 is 0 Å². The first kappa shape index (κ1) is 14.9. The Bertz CT molecular complexity index is 402. The summed E-state index contributed by atoms with van der Waals surface area (Å²) in [6.45, 7) is 7.70. The third-order valence-corrected chi connectivity index (χ3v) is 3.98. The summed E-state index contributed by atoms with van der Waals surface area (Å²) in [5.74, 6) is 0. The average Bonchev–Trinajstić information content (AvgIpc) is 2.65. The molecule has 2 atom stereocenters. The molecule has 1 aromatic rings. The molecule has 1 aromatic heterocycles. The Hall–Kier alpha value is -1.14. The third kappa shape index (κ3) is 3.96. The highest BCUT2D eigenvalue weighted by atomic mass is 32.1. The predicted octanol–water partition coefficient (Wildman–Crippen LogP) is 1.89. The molecule has 0 radical (unpaired) electrons. The number of aliphatic hydroxyl groups is 1. The van der Waals surface area contributed by atoms with Gasteiger partial charge >= 0.3 is 6.03 Å². The number of hydrogen-bond donors (Lipinski definition) is 3. The van der Waals surface area contributed by atoms with Gasteiger partial charge in [-0.2, -0.15) is 0 Å². The summed E-state index contributed by atoms with van der Waals surface area (Å²) in [7, 11) is 0.